The highest BCUT2D eigenvalue weighted by atomic mass is 79.9. The third kappa shape index (κ3) is 3.56. The molecule has 0 saturated heterocycles. The van der Waals surface area contributed by atoms with Gasteiger partial charge in [0.15, 0.2) is 0 Å². The molecule has 1 fully saturated rings. The van der Waals surface area contributed by atoms with Crippen LogP contribution in [0.25, 0.3) is 0 Å². The van der Waals surface area contributed by atoms with Gasteiger partial charge in [0.25, 0.3) is 0 Å². The van der Waals surface area contributed by atoms with E-state index in [4.69, 9.17) is 0 Å². The number of carbonyl (C=O) groups is 1. The molecule has 0 radical (unpaired) electrons. The Morgan fingerprint density at radius 3 is 2.41 bits per heavy atom. The van der Waals surface area contributed by atoms with Gasteiger partial charge in [0.05, 0.1) is 0 Å². The monoisotopic (exact) mass is 295 g/mol. The molecule has 1 aromatic rings. The lowest BCUT2D eigenvalue weighted by molar-refractivity contribution is -0.120. The van der Waals surface area contributed by atoms with Crippen LogP contribution in [-0.4, -0.2) is 19.4 Å². The van der Waals surface area contributed by atoms with Crippen molar-refractivity contribution < 1.29 is 4.79 Å². The SMILES string of the molecule is CN(CC1CCC(=O)CC1)c1ccc(Br)cc1. The molecule has 1 aliphatic carbocycles. The van der Waals surface area contributed by atoms with Gasteiger partial charge in [-0.25, -0.2) is 0 Å². The Labute approximate surface area is 111 Å². The minimum atomic E-state index is 0.438. The molecule has 1 aliphatic rings. The summed E-state index contributed by atoms with van der Waals surface area (Å²) in [6.07, 6.45) is 3.66. The fourth-order valence-corrected chi connectivity index (χ4v) is 2.63. The quantitative estimate of drug-likeness (QED) is 0.848. The Kier molecular flexibility index (Phi) is 4.21. The van der Waals surface area contributed by atoms with E-state index in [-0.39, 0.29) is 0 Å². The number of hydrogen-bond donors (Lipinski definition) is 0. The topological polar surface area (TPSA) is 20.3 Å². The minimum absolute atomic E-state index is 0.438. The molecule has 0 aliphatic heterocycles. The Balaban J connectivity index is 1.90. The maximum atomic E-state index is 11.2. The molecule has 92 valence electrons. The maximum absolute atomic E-state index is 11.2. The van der Waals surface area contributed by atoms with E-state index in [2.05, 4.69) is 52.1 Å². The van der Waals surface area contributed by atoms with Crippen molar-refractivity contribution in [3.05, 3.63) is 28.7 Å². The summed E-state index contributed by atoms with van der Waals surface area (Å²) in [6.45, 7) is 1.05. The van der Waals surface area contributed by atoms with Crippen LogP contribution in [0.2, 0.25) is 0 Å². The van der Waals surface area contributed by atoms with Crippen LogP contribution in [0.5, 0.6) is 0 Å². The van der Waals surface area contributed by atoms with E-state index in [0.29, 0.717) is 11.7 Å². The van der Waals surface area contributed by atoms with E-state index in [1.165, 1.54) is 5.69 Å². The zero-order valence-corrected chi connectivity index (χ0v) is 11.7. The van der Waals surface area contributed by atoms with Gasteiger partial charge in [-0.2, -0.15) is 0 Å². The normalized spacial score (nSPS) is 17.2. The number of benzene rings is 1. The van der Waals surface area contributed by atoms with Crippen LogP contribution in [0.3, 0.4) is 0 Å². The van der Waals surface area contributed by atoms with Gasteiger partial charge in [-0.3, -0.25) is 4.79 Å². The summed E-state index contributed by atoms with van der Waals surface area (Å²) in [6, 6.07) is 8.38. The molecule has 0 bridgehead atoms. The Morgan fingerprint density at radius 1 is 1.24 bits per heavy atom. The molecule has 0 N–H and O–H groups in total. The molecule has 0 unspecified atom stereocenters. The summed E-state index contributed by atoms with van der Waals surface area (Å²) in [7, 11) is 2.12. The van der Waals surface area contributed by atoms with Gasteiger partial charge in [0, 0.05) is 36.6 Å². The molecule has 3 heteroatoms. The molecular formula is C14H18BrNO. The fraction of sp³-hybridized carbons (Fsp3) is 0.500. The summed E-state index contributed by atoms with van der Waals surface area (Å²) < 4.78 is 1.11. The van der Waals surface area contributed by atoms with Gasteiger partial charge in [0.1, 0.15) is 5.78 Å². The largest absolute Gasteiger partial charge is 0.374 e. The molecule has 1 saturated carbocycles. The molecule has 0 spiro atoms. The average Bonchev–Trinajstić information content (AvgIpc) is 2.33. The number of rotatable bonds is 3. The van der Waals surface area contributed by atoms with Crippen LogP contribution >= 0.6 is 15.9 Å². The number of hydrogen-bond acceptors (Lipinski definition) is 2. The predicted octanol–water partition coefficient (Wildman–Crippen LogP) is 3.64. The van der Waals surface area contributed by atoms with Crippen LogP contribution in [0, 0.1) is 5.92 Å². The first-order valence-corrected chi connectivity index (χ1v) is 6.93. The van der Waals surface area contributed by atoms with Crippen molar-refractivity contribution in [1.29, 1.82) is 0 Å². The highest BCUT2D eigenvalue weighted by Crippen LogP contribution is 2.24. The van der Waals surface area contributed by atoms with E-state index in [0.717, 1.165) is 36.7 Å². The van der Waals surface area contributed by atoms with E-state index < -0.39 is 0 Å². The van der Waals surface area contributed by atoms with Crippen LogP contribution < -0.4 is 4.90 Å². The van der Waals surface area contributed by atoms with Crippen LogP contribution in [0.15, 0.2) is 28.7 Å². The molecular weight excluding hydrogens is 278 g/mol. The summed E-state index contributed by atoms with van der Waals surface area (Å²) in [5.74, 6) is 1.11. The minimum Gasteiger partial charge on any atom is -0.374 e. The van der Waals surface area contributed by atoms with E-state index >= 15 is 0 Å². The number of halogens is 1. The fourth-order valence-electron chi connectivity index (χ4n) is 2.37. The van der Waals surface area contributed by atoms with Gasteiger partial charge in [-0.1, -0.05) is 15.9 Å². The lowest BCUT2D eigenvalue weighted by Crippen LogP contribution is -2.28. The molecule has 0 atom stereocenters. The number of anilines is 1. The molecule has 0 amide bonds. The maximum Gasteiger partial charge on any atom is 0.132 e. The van der Waals surface area contributed by atoms with Crippen molar-refractivity contribution in [2.75, 3.05) is 18.5 Å². The first-order chi connectivity index (χ1) is 8.15. The van der Waals surface area contributed by atoms with Crippen molar-refractivity contribution in [1.82, 2.24) is 0 Å². The first kappa shape index (κ1) is 12.6. The van der Waals surface area contributed by atoms with Crippen molar-refractivity contribution in [2.45, 2.75) is 25.7 Å². The molecule has 0 aromatic heterocycles. The molecule has 0 heterocycles. The van der Waals surface area contributed by atoms with Crippen molar-refractivity contribution in [3.8, 4) is 0 Å². The average molecular weight is 296 g/mol. The summed E-state index contributed by atoms with van der Waals surface area (Å²) >= 11 is 3.44. The van der Waals surface area contributed by atoms with Gasteiger partial charge in [-0.15, -0.1) is 0 Å². The Hall–Kier alpha value is -0.830. The zero-order valence-electron chi connectivity index (χ0n) is 10.2. The molecule has 1 aromatic carbocycles. The zero-order chi connectivity index (χ0) is 12.3. The summed E-state index contributed by atoms with van der Waals surface area (Å²) in [5, 5.41) is 0. The van der Waals surface area contributed by atoms with Crippen molar-refractivity contribution in [2.24, 2.45) is 5.92 Å². The predicted molar refractivity (Wildman–Crippen MR) is 74.4 cm³/mol. The molecule has 17 heavy (non-hydrogen) atoms. The second-order valence-corrected chi connectivity index (χ2v) is 5.75. The second-order valence-electron chi connectivity index (χ2n) is 4.84. The molecule has 2 rings (SSSR count). The summed E-state index contributed by atoms with van der Waals surface area (Å²) in [5.41, 5.74) is 1.24. The lowest BCUT2D eigenvalue weighted by atomic mass is 9.88. The van der Waals surface area contributed by atoms with Crippen LogP contribution in [-0.2, 0) is 4.79 Å². The smallest absolute Gasteiger partial charge is 0.132 e. The number of carbonyl (C=O) groups excluding carboxylic acids is 1. The second kappa shape index (κ2) is 5.67. The standard InChI is InChI=1S/C14H18BrNO/c1-16(13-6-4-12(15)5-7-13)10-11-2-8-14(17)9-3-11/h4-7,11H,2-3,8-10H2,1H3. The lowest BCUT2D eigenvalue weighted by Gasteiger charge is -2.28. The Bertz CT molecular complexity index is 378. The van der Waals surface area contributed by atoms with Gasteiger partial charge in [-0.05, 0) is 43.0 Å². The first-order valence-electron chi connectivity index (χ1n) is 6.13. The van der Waals surface area contributed by atoms with Crippen molar-refractivity contribution in [3.63, 3.8) is 0 Å². The van der Waals surface area contributed by atoms with E-state index in [1.54, 1.807) is 0 Å². The molecule has 2 nitrogen and oxygen atoms in total. The number of Topliss-reactive ketones (excluding diaryl/α,β-unsaturated/α-hetero) is 1. The van der Waals surface area contributed by atoms with Gasteiger partial charge in [0.2, 0.25) is 0 Å². The van der Waals surface area contributed by atoms with Crippen LogP contribution in [0.1, 0.15) is 25.7 Å². The number of ketones is 1. The Morgan fingerprint density at radius 2 is 1.82 bits per heavy atom. The third-order valence-corrected chi connectivity index (χ3v) is 3.99. The summed E-state index contributed by atoms with van der Waals surface area (Å²) in [4.78, 5) is 13.5. The van der Waals surface area contributed by atoms with Gasteiger partial charge < -0.3 is 4.90 Å². The highest BCUT2D eigenvalue weighted by molar-refractivity contribution is 9.10. The van der Waals surface area contributed by atoms with E-state index in [1.807, 2.05) is 0 Å². The van der Waals surface area contributed by atoms with E-state index in [9.17, 15) is 4.79 Å². The highest BCUT2D eigenvalue weighted by Gasteiger charge is 2.19. The van der Waals surface area contributed by atoms with Crippen LogP contribution in [0.4, 0.5) is 5.69 Å². The third-order valence-electron chi connectivity index (χ3n) is 3.46. The van der Waals surface area contributed by atoms with Gasteiger partial charge >= 0.3 is 0 Å². The number of nitrogens with zero attached hydrogens (tertiary/aromatic N) is 1. The van der Waals surface area contributed by atoms with Crippen molar-refractivity contribution >= 4 is 27.4 Å².